The first-order chi connectivity index (χ1) is 18.9. The van der Waals surface area contributed by atoms with Gasteiger partial charge in [-0.15, -0.1) is 5.10 Å². The number of hydrogen-bond donors (Lipinski definition) is 1. The molecule has 3 aromatic carbocycles. The molecule has 0 aliphatic carbocycles. The number of imidazole rings is 1. The number of H-pyrrole nitrogens is 1. The van der Waals surface area contributed by atoms with Crippen molar-refractivity contribution in [1.29, 1.82) is 0 Å². The van der Waals surface area contributed by atoms with Crippen molar-refractivity contribution in [3.8, 4) is 22.5 Å². The second kappa shape index (κ2) is 11.4. The summed E-state index contributed by atoms with van der Waals surface area (Å²) in [5.74, 6) is -0.474. The van der Waals surface area contributed by atoms with Gasteiger partial charge in [-0.05, 0) is 51.4 Å². The van der Waals surface area contributed by atoms with Gasteiger partial charge in [-0.2, -0.15) is 4.39 Å². The molecule has 9 heteroatoms. The lowest BCUT2D eigenvalue weighted by Gasteiger charge is -2.11. The van der Waals surface area contributed by atoms with Gasteiger partial charge in [0.25, 0.3) is 0 Å². The van der Waals surface area contributed by atoms with Crippen LogP contribution >= 0.6 is 0 Å². The Kier molecular flexibility index (Phi) is 7.58. The van der Waals surface area contributed by atoms with E-state index < -0.39 is 17.5 Å². The molecule has 0 saturated heterocycles. The van der Waals surface area contributed by atoms with E-state index in [-0.39, 0.29) is 18.7 Å². The molecule has 0 bridgehead atoms. The maximum Gasteiger partial charge on any atom is 0.337 e. The molecule has 8 nitrogen and oxygen atoms in total. The quantitative estimate of drug-likeness (QED) is 0.287. The zero-order valence-corrected chi connectivity index (χ0v) is 21.8. The first-order valence-corrected chi connectivity index (χ1v) is 12.9. The topological polar surface area (TPSA) is 98.5 Å². The van der Waals surface area contributed by atoms with Crippen molar-refractivity contribution in [1.82, 2.24) is 29.8 Å². The predicted octanol–water partition coefficient (Wildman–Crippen LogP) is 5.16. The van der Waals surface area contributed by atoms with Gasteiger partial charge in [-0.3, -0.25) is 9.36 Å². The van der Waals surface area contributed by atoms with E-state index in [4.69, 9.17) is 0 Å². The summed E-state index contributed by atoms with van der Waals surface area (Å²) in [6, 6.07) is 24.5. The second-order valence-electron chi connectivity index (χ2n) is 9.92. The molecular formula is C30H29FN6O2. The molecule has 0 radical (unpaired) electrons. The zero-order valence-electron chi connectivity index (χ0n) is 21.8. The lowest BCUT2D eigenvalue weighted by Crippen LogP contribution is -2.31. The molecule has 0 aliphatic heterocycles. The Balaban J connectivity index is 1.46. The van der Waals surface area contributed by atoms with E-state index >= 15 is 4.39 Å². The van der Waals surface area contributed by atoms with Crippen molar-refractivity contribution >= 4 is 5.91 Å². The van der Waals surface area contributed by atoms with Gasteiger partial charge in [0.05, 0.1) is 18.7 Å². The monoisotopic (exact) mass is 524 g/mol. The van der Waals surface area contributed by atoms with E-state index in [2.05, 4.69) is 20.6 Å². The molecule has 2 aromatic heterocycles. The van der Waals surface area contributed by atoms with Crippen molar-refractivity contribution in [2.75, 3.05) is 0 Å². The van der Waals surface area contributed by atoms with Crippen molar-refractivity contribution in [3.63, 3.8) is 0 Å². The standard InChI is InChI=1S/C30H29FN6O2/c1-20(2)12-17-26-28(31)37(27(38)18-21-8-4-3-5-9-21)30(39)36(26)19-22-13-15-23(16-14-22)24-10-6-7-11-25(24)29-32-34-35-33-29/h3-11,13-16,20H,12,17-19H2,1-2H3,(H,32,33,34,35). The van der Waals surface area contributed by atoms with Gasteiger partial charge in [-0.25, -0.2) is 14.5 Å². The van der Waals surface area contributed by atoms with E-state index in [9.17, 15) is 9.59 Å². The number of nitrogens with one attached hydrogen (secondary N) is 1. The Morgan fingerprint density at radius 1 is 0.923 bits per heavy atom. The number of rotatable bonds is 9. The third kappa shape index (κ3) is 5.62. The van der Waals surface area contributed by atoms with Gasteiger partial charge in [0, 0.05) is 5.56 Å². The van der Waals surface area contributed by atoms with Crippen LogP contribution in [0.4, 0.5) is 4.39 Å². The number of aromatic amines is 1. The van der Waals surface area contributed by atoms with Crippen LogP contribution in [0.2, 0.25) is 0 Å². The lowest BCUT2D eigenvalue weighted by atomic mass is 9.98. The number of carbonyl (C=O) groups excluding carboxylic acids is 1. The first-order valence-electron chi connectivity index (χ1n) is 12.9. The molecule has 0 unspecified atom stereocenters. The number of halogens is 1. The minimum atomic E-state index is -0.771. The van der Waals surface area contributed by atoms with Crippen LogP contribution in [-0.2, 0) is 19.4 Å². The second-order valence-corrected chi connectivity index (χ2v) is 9.92. The van der Waals surface area contributed by atoms with E-state index in [1.54, 1.807) is 12.1 Å². The molecule has 0 atom stereocenters. The maximum atomic E-state index is 15.6. The van der Waals surface area contributed by atoms with Crippen molar-refractivity contribution in [2.45, 2.75) is 39.7 Å². The average molecular weight is 525 g/mol. The van der Waals surface area contributed by atoms with Crippen molar-refractivity contribution < 1.29 is 9.18 Å². The van der Waals surface area contributed by atoms with Crippen LogP contribution in [0.5, 0.6) is 0 Å². The third-order valence-corrected chi connectivity index (χ3v) is 6.72. The summed E-state index contributed by atoms with van der Waals surface area (Å²) in [6.45, 7) is 4.25. The lowest BCUT2D eigenvalue weighted by molar-refractivity contribution is 0.0895. The van der Waals surface area contributed by atoms with Crippen molar-refractivity contribution in [3.05, 3.63) is 112 Å². The van der Waals surface area contributed by atoms with Crippen LogP contribution in [0.1, 0.15) is 41.9 Å². The minimum Gasteiger partial charge on any atom is -0.288 e. The maximum absolute atomic E-state index is 15.6. The average Bonchev–Trinajstić information content (AvgIpc) is 3.55. The van der Waals surface area contributed by atoms with E-state index in [1.807, 2.05) is 80.6 Å². The summed E-state index contributed by atoms with van der Waals surface area (Å²) in [4.78, 5) is 26.4. The highest BCUT2D eigenvalue weighted by molar-refractivity contribution is 5.81. The molecule has 2 heterocycles. The molecule has 0 spiro atoms. The normalized spacial score (nSPS) is 11.3. The van der Waals surface area contributed by atoms with Gasteiger partial charge < -0.3 is 0 Å². The van der Waals surface area contributed by atoms with Gasteiger partial charge in [-0.1, -0.05) is 92.7 Å². The minimum absolute atomic E-state index is 0.0554. The van der Waals surface area contributed by atoms with E-state index in [0.29, 0.717) is 29.2 Å². The summed E-state index contributed by atoms with van der Waals surface area (Å²) in [6.07, 6.45) is 1.00. The Labute approximate surface area is 225 Å². The summed E-state index contributed by atoms with van der Waals surface area (Å²) < 4.78 is 17.7. The van der Waals surface area contributed by atoms with Crippen LogP contribution in [0.15, 0.2) is 83.7 Å². The van der Waals surface area contributed by atoms with Crippen LogP contribution in [-0.4, -0.2) is 35.7 Å². The molecule has 0 fully saturated rings. The summed E-state index contributed by atoms with van der Waals surface area (Å²) >= 11 is 0. The van der Waals surface area contributed by atoms with Gasteiger partial charge in [0.1, 0.15) is 0 Å². The zero-order chi connectivity index (χ0) is 27.4. The molecule has 0 aliphatic rings. The molecule has 0 amide bonds. The van der Waals surface area contributed by atoms with E-state index in [0.717, 1.165) is 27.8 Å². The molecule has 5 rings (SSSR count). The van der Waals surface area contributed by atoms with Crippen molar-refractivity contribution in [2.24, 2.45) is 5.92 Å². The Bertz CT molecular complexity index is 1620. The van der Waals surface area contributed by atoms with Gasteiger partial charge in [0.2, 0.25) is 11.9 Å². The fourth-order valence-electron chi connectivity index (χ4n) is 4.64. The Hall–Kier alpha value is -4.66. The van der Waals surface area contributed by atoms with Crippen LogP contribution < -0.4 is 5.69 Å². The highest BCUT2D eigenvalue weighted by Gasteiger charge is 2.24. The fourth-order valence-corrected chi connectivity index (χ4v) is 4.64. The first kappa shape index (κ1) is 26.0. The number of benzene rings is 3. The molecule has 0 saturated carbocycles. The largest absolute Gasteiger partial charge is 0.337 e. The number of tetrazole rings is 1. The highest BCUT2D eigenvalue weighted by atomic mass is 19.1. The molecular weight excluding hydrogens is 495 g/mol. The molecule has 39 heavy (non-hydrogen) atoms. The SMILES string of the molecule is CC(C)CCc1c(F)n(C(=O)Cc2ccccc2)c(=O)n1Cc1ccc(-c2ccccc2-c2nnn[nH]2)cc1. The number of carbonyl (C=O) groups is 1. The summed E-state index contributed by atoms with van der Waals surface area (Å²) in [5.41, 5.74) is 3.89. The summed E-state index contributed by atoms with van der Waals surface area (Å²) in [7, 11) is 0. The predicted molar refractivity (Wildman–Crippen MR) is 147 cm³/mol. The third-order valence-electron chi connectivity index (χ3n) is 6.72. The Morgan fingerprint density at radius 2 is 1.62 bits per heavy atom. The van der Waals surface area contributed by atoms with Crippen LogP contribution in [0.3, 0.4) is 0 Å². The van der Waals surface area contributed by atoms with Crippen LogP contribution in [0, 0.1) is 11.9 Å². The number of nitrogens with zero attached hydrogens (tertiary/aromatic N) is 5. The molecule has 5 aromatic rings. The molecule has 198 valence electrons. The number of hydrogen-bond acceptors (Lipinski definition) is 5. The van der Waals surface area contributed by atoms with E-state index in [1.165, 1.54) is 4.57 Å². The molecule has 1 N–H and O–H groups in total. The highest BCUT2D eigenvalue weighted by Crippen LogP contribution is 2.30. The van der Waals surface area contributed by atoms with Crippen LogP contribution in [0.25, 0.3) is 22.5 Å². The number of aromatic nitrogens is 6. The summed E-state index contributed by atoms with van der Waals surface area (Å²) in [5, 5.41) is 14.2. The fraction of sp³-hybridized carbons (Fsp3) is 0.233. The Morgan fingerprint density at radius 3 is 2.28 bits per heavy atom. The smallest absolute Gasteiger partial charge is 0.288 e. The van der Waals surface area contributed by atoms with Gasteiger partial charge in [0.15, 0.2) is 5.82 Å². The van der Waals surface area contributed by atoms with Gasteiger partial charge >= 0.3 is 5.69 Å².